The second-order valence-electron chi connectivity index (χ2n) is 4.15. The fourth-order valence-electron chi connectivity index (χ4n) is 2.20. The quantitative estimate of drug-likeness (QED) is 0.769. The Morgan fingerprint density at radius 2 is 2.07 bits per heavy atom. The Kier molecular flexibility index (Phi) is 3.56. The molecule has 0 unspecified atom stereocenters. The van der Waals surface area contributed by atoms with Crippen molar-refractivity contribution in [2.24, 2.45) is 7.05 Å². The number of hydrogen-bond acceptors (Lipinski definition) is 2. The van der Waals surface area contributed by atoms with Gasteiger partial charge in [0.05, 0.1) is 0 Å². The van der Waals surface area contributed by atoms with Crippen molar-refractivity contribution in [3.8, 4) is 0 Å². The van der Waals surface area contributed by atoms with Gasteiger partial charge in [-0.3, -0.25) is 4.68 Å². The maximum atomic E-state index is 4.23. The van der Waals surface area contributed by atoms with E-state index in [2.05, 4.69) is 23.4 Å². The van der Waals surface area contributed by atoms with Gasteiger partial charge in [0.25, 0.3) is 0 Å². The number of aryl methyl sites for hydroxylation is 1. The number of rotatable bonds is 1. The van der Waals surface area contributed by atoms with Crippen LogP contribution in [0.25, 0.3) is 0 Å². The Morgan fingerprint density at radius 1 is 1.43 bits per heavy atom. The van der Waals surface area contributed by atoms with Gasteiger partial charge in [0, 0.05) is 24.4 Å². The molecule has 0 bridgehead atoms. The third kappa shape index (κ3) is 1.93. The van der Waals surface area contributed by atoms with Gasteiger partial charge in [0.1, 0.15) is 0 Å². The summed E-state index contributed by atoms with van der Waals surface area (Å²) in [5.41, 5.74) is 1.70. The highest BCUT2D eigenvalue weighted by Gasteiger charge is 2.30. The van der Waals surface area contributed by atoms with Gasteiger partial charge in [0.15, 0.2) is 0 Å². The Balaban J connectivity index is 0.000000980. The first-order chi connectivity index (χ1) is 6.22. The minimum Gasteiger partial charge on any atom is -0.317 e. The number of halogens is 1. The highest BCUT2D eigenvalue weighted by molar-refractivity contribution is 5.85. The van der Waals surface area contributed by atoms with Crippen LogP contribution in [0.5, 0.6) is 0 Å². The van der Waals surface area contributed by atoms with E-state index in [1.165, 1.54) is 18.5 Å². The van der Waals surface area contributed by atoms with Gasteiger partial charge in [0.2, 0.25) is 0 Å². The second kappa shape index (κ2) is 4.32. The van der Waals surface area contributed by atoms with Crippen LogP contribution in [-0.4, -0.2) is 22.9 Å². The molecule has 0 aliphatic carbocycles. The van der Waals surface area contributed by atoms with Crippen molar-refractivity contribution in [3.63, 3.8) is 0 Å². The van der Waals surface area contributed by atoms with Crippen molar-refractivity contribution >= 4 is 12.4 Å². The largest absolute Gasteiger partial charge is 0.317 e. The van der Waals surface area contributed by atoms with Crippen LogP contribution in [0.2, 0.25) is 0 Å². The molecule has 3 nitrogen and oxygen atoms in total. The molecule has 2 heterocycles. The molecule has 1 aromatic rings. The summed E-state index contributed by atoms with van der Waals surface area (Å²) in [5, 5.41) is 7.62. The first-order valence-electron chi connectivity index (χ1n) is 4.92. The molecular weight excluding hydrogens is 198 g/mol. The zero-order valence-corrected chi connectivity index (χ0v) is 9.60. The Labute approximate surface area is 91.3 Å². The number of aromatic nitrogens is 2. The molecule has 0 saturated carbocycles. The molecule has 80 valence electrons. The van der Waals surface area contributed by atoms with E-state index in [1.807, 2.05) is 17.9 Å². The highest BCUT2D eigenvalue weighted by Crippen LogP contribution is 2.31. The van der Waals surface area contributed by atoms with Gasteiger partial charge in [-0.25, -0.2) is 0 Å². The van der Waals surface area contributed by atoms with Crippen molar-refractivity contribution in [3.05, 3.63) is 18.0 Å². The first-order valence-corrected chi connectivity index (χ1v) is 4.92. The van der Waals surface area contributed by atoms with E-state index in [0.717, 1.165) is 13.1 Å². The molecule has 1 fully saturated rings. The van der Waals surface area contributed by atoms with Crippen LogP contribution in [-0.2, 0) is 12.5 Å². The minimum atomic E-state index is 0. The summed E-state index contributed by atoms with van der Waals surface area (Å²) in [5.74, 6) is 0. The Hall–Kier alpha value is -0.540. The van der Waals surface area contributed by atoms with Gasteiger partial charge in [-0.2, -0.15) is 5.10 Å². The molecule has 1 N–H and O–H groups in total. The van der Waals surface area contributed by atoms with E-state index in [1.54, 1.807) is 0 Å². The van der Waals surface area contributed by atoms with E-state index in [0.29, 0.717) is 5.41 Å². The van der Waals surface area contributed by atoms with Gasteiger partial charge >= 0.3 is 0 Å². The summed E-state index contributed by atoms with van der Waals surface area (Å²) in [6.07, 6.45) is 4.32. The van der Waals surface area contributed by atoms with Gasteiger partial charge in [-0.05, 0) is 32.0 Å². The highest BCUT2D eigenvalue weighted by atomic mass is 35.5. The molecule has 1 aliphatic rings. The SMILES string of the molecule is Cl.Cn1nccc1C1(C)CCNCC1. The van der Waals surface area contributed by atoms with Crippen molar-refractivity contribution in [2.45, 2.75) is 25.2 Å². The summed E-state index contributed by atoms with van der Waals surface area (Å²) in [7, 11) is 2.03. The molecule has 0 spiro atoms. The lowest BCUT2D eigenvalue weighted by molar-refractivity contribution is 0.317. The van der Waals surface area contributed by atoms with Crippen molar-refractivity contribution in [2.75, 3.05) is 13.1 Å². The van der Waals surface area contributed by atoms with Gasteiger partial charge in [-0.15, -0.1) is 12.4 Å². The number of hydrogen-bond donors (Lipinski definition) is 1. The van der Waals surface area contributed by atoms with E-state index in [4.69, 9.17) is 0 Å². The normalized spacial score (nSPS) is 20.1. The maximum absolute atomic E-state index is 4.23. The molecular formula is C10H18ClN3. The predicted molar refractivity (Wildman–Crippen MR) is 59.9 cm³/mol. The van der Waals surface area contributed by atoms with Crippen LogP contribution in [0.1, 0.15) is 25.5 Å². The second-order valence-corrected chi connectivity index (χ2v) is 4.15. The smallest absolute Gasteiger partial charge is 0.0492 e. The number of nitrogens with one attached hydrogen (secondary N) is 1. The summed E-state index contributed by atoms with van der Waals surface area (Å²) in [6.45, 7) is 4.59. The van der Waals surface area contributed by atoms with E-state index in [9.17, 15) is 0 Å². The summed E-state index contributed by atoms with van der Waals surface area (Å²) >= 11 is 0. The van der Waals surface area contributed by atoms with Crippen LogP contribution < -0.4 is 5.32 Å². The molecule has 0 radical (unpaired) electrons. The van der Waals surface area contributed by atoms with Crippen molar-refractivity contribution in [1.29, 1.82) is 0 Å². The fraction of sp³-hybridized carbons (Fsp3) is 0.700. The third-order valence-corrected chi connectivity index (χ3v) is 3.15. The third-order valence-electron chi connectivity index (χ3n) is 3.15. The van der Waals surface area contributed by atoms with Crippen LogP contribution in [0.15, 0.2) is 12.3 Å². The molecule has 2 rings (SSSR count). The molecule has 0 amide bonds. The molecule has 14 heavy (non-hydrogen) atoms. The molecule has 0 aromatic carbocycles. The van der Waals surface area contributed by atoms with Gasteiger partial charge in [-0.1, -0.05) is 6.92 Å². The zero-order valence-electron chi connectivity index (χ0n) is 8.79. The zero-order chi connectivity index (χ0) is 9.31. The molecule has 1 aliphatic heterocycles. The average molecular weight is 216 g/mol. The standard InChI is InChI=1S/C10H17N3.ClH/c1-10(4-7-11-8-5-10)9-3-6-12-13(9)2;/h3,6,11H,4-5,7-8H2,1-2H3;1H. The van der Waals surface area contributed by atoms with Crippen molar-refractivity contribution in [1.82, 2.24) is 15.1 Å². The van der Waals surface area contributed by atoms with Crippen LogP contribution in [0.3, 0.4) is 0 Å². The summed E-state index contributed by atoms with van der Waals surface area (Å²) in [6, 6.07) is 2.14. The summed E-state index contributed by atoms with van der Waals surface area (Å²) < 4.78 is 2.01. The monoisotopic (exact) mass is 215 g/mol. The first kappa shape index (κ1) is 11.5. The lowest BCUT2D eigenvalue weighted by Crippen LogP contribution is -2.38. The molecule has 1 aromatic heterocycles. The van der Waals surface area contributed by atoms with Crippen molar-refractivity contribution < 1.29 is 0 Å². The maximum Gasteiger partial charge on any atom is 0.0492 e. The lowest BCUT2D eigenvalue weighted by atomic mass is 9.78. The van der Waals surface area contributed by atoms with Gasteiger partial charge < -0.3 is 5.32 Å². The fourth-order valence-corrected chi connectivity index (χ4v) is 2.20. The molecule has 4 heteroatoms. The molecule has 1 saturated heterocycles. The van der Waals surface area contributed by atoms with Crippen LogP contribution >= 0.6 is 12.4 Å². The summed E-state index contributed by atoms with van der Waals surface area (Å²) in [4.78, 5) is 0. The Bertz CT molecular complexity index is 289. The topological polar surface area (TPSA) is 29.9 Å². The predicted octanol–water partition coefficient (Wildman–Crippen LogP) is 1.48. The van der Waals surface area contributed by atoms with Crippen LogP contribution in [0, 0.1) is 0 Å². The van der Waals surface area contributed by atoms with E-state index in [-0.39, 0.29) is 12.4 Å². The number of piperidine rings is 1. The number of nitrogens with zero attached hydrogens (tertiary/aromatic N) is 2. The van der Waals surface area contributed by atoms with Crippen LogP contribution in [0.4, 0.5) is 0 Å². The van der Waals surface area contributed by atoms with E-state index >= 15 is 0 Å². The minimum absolute atomic E-state index is 0. The average Bonchev–Trinajstić information content (AvgIpc) is 2.53. The lowest BCUT2D eigenvalue weighted by Gasteiger charge is -2.34. The molecule has 0 atom stereocenters. The van der Waals surface area contributed by atoms with E-state index < -0.39 is 0 Å². The Morgan fingerprint density at radius 3 is 2.57 bits per heavy atom.